The van der Waals surface area contributed by atoms with Crippen LogP contribution in [0.5, 0.6) is 0 Å². The molecule has 0 aliphatic heterocycles. The Labute approximate surface area is 130 Å². The van der Waals surface area contributed by atoms with Gasteiger partial charge in [-0.15, -0.1) is 0 Å². The second-order valence-corrected chi connectivity index (χ2v) is 4.19. The number of benzene rings is 1. The molecule has 23 heavy (non-hydrogen) atoms. The van der Waals surface area contributed by atoms with E-state index in [4.69, 9.17) is 9.47 Å². The molecule has 0 fully saturated rings. The van der Waals surface area contributed by atoms with Crippen molar-refractivity contribution in [1.82, 2.24) is 0 Å². The van der Waals surface area contributed by atoms with Gasteiger partial charge in [0.25, 0.3) is 11.4 Å². The number of rotatable bonds is 7. The van der Waals surface area contributed by atoms with Gasteiger partial charge in [0.05, 0.1) is 34.7 Å². The molecule has 0 radical (unpaired) electrons. The summed E-state index contributed by atoms with van der Waals surface area (Å²) >= 11 is 0. The zero-order valence-corrected chi connectivity index (χ0v) is 12.4. The second-order valence-electron chi connectivity index (χ2n) is 4.19. The molecule has 0 bridgehead atoms. The lowest BCUT2D eigenvalue weighted by atomic mass is 9.97. The van der Waals surface area contributed by atoms with E-state index in [9.17, 15) is 29.8 Å². The normalized spacial score (nSPS) is 10.2. The third-order valence-corrected chi connectivity index (χ3v) is 2.78. The highest BCUT2D eigenvalue weighted by atomic mass is 16.6. The molecule has 0 heterocycles. The van der Waals surface area contributed by atoms with Crippen LogP contribution >= 0.6 is 0 Å². The maximum atomic E-state index is 12.0. The Morgan fingerprint density at radius 1 is 1.04 bits per heavy atom. The minimum atomic E-state index is -1.68. The molecule has 10 nitrogen and oxygen atoms in total. The predicted octanol–water partition coefficient (Wildman–Crippen LogP) is 1.71. The first-order chi connectivity index (χ1) is 10.8. The largest absolute Gasteiger partial charge is 0.465 e. The molecule has 0 amide bonds. The topological polar surface area (TPSA) is 139 Å². The van der Waals surface area contributed by atoms with Crippen molar-refractivity contribution < 1.29 is 28.9 Å². The number of nitrogens with zero attached hydrogens (tertiary/aromatic N) is 2. The number of carbonyl (C=O) groups is 2. The lowest BCUT2D eigenvalue weighted by Crippen LogP contribution is -2.27. The highest BCUT2D eigenvalue weighted by Crippen LogP contribution is 2.32. The molecule has 0 saturated heterocycles. The van der Waals surface area contributed by atoms with Crippen molar-refractivity contribution in [2.45, 2.75) is 19.8 Å². The maximum absolute atomic E-state index is 12.0. The number of hydrogen-bond donors (Lipinski definition) is 0. The molecule has 0 spiro atoms. The number of nitro groups is 2. The molecule has 1 rings (SSSR count). The number of non-ortho nitro benzene ring substituents is 1. The lowest BCUT2D eigenvalue weighted by Gasteiger charge is -2.14. The van der Waals surface area contributed by atoms with Crippen LogP contribution in [0.2, 0.25) is 0 Å². The van der Waals surface area contributed by atoms with E-state index in [0.29, 0.717) is 6.07 Å². The highest BCUT2D eigenvalue weighted by Gasteiger charge is 2.37. The van der Waals surface area contributed by atoms with Crippen LogP contribution in [0.4, 0.5) is 11.4 Å². The molecule has 10 heteroatoms. The third-order valence-electron chi connectivity index (χ3n) is 2.78. The van der Waals surface area contributed by atoms with Gasteiger partial charge in [-0.2, -0.15) is 0 Å². The van der Waals surface area contributed by atoms with Crippen molar-refractivity contribution in [2.24, 2.45) is 0 Å². The van der Waals surface area contributed by atoms with Crippen molar-refractivity contribution in [3.8, 4) is 0 Å². The number of esters is 2. The highest BCUT2D eigenvalue weighted by molar-refractivity contribution is 6.01. The lowest BCUT2D eigenvalue weighted by molar-refractivity contribution is -0.394. The molecule has 1 aromatic carbocycles. The first-order valence-corrected chi connectivity index (χ1v) is 6.59. The van der Waals surface area contributed by atoms with E-state index in [1.165, 1.54) is 13.8 Å². The molecule has 1 aromatic rings. The van der Waals surface area contributed by atoms with Crippen molar-refractivity contribution in [1.29, 1.82) is 0 Å². The maximum Gasteiger partial charge on any atom is 0.325 e. The van der Waals surface area contributed by atoms with Gasteiger partial charge in [0, 0.05) is 6.07 Å². The number of nitro benzene ring substituents is 2. The van der Waals surface area contributed by atoms with E-state index >= 15 is 0 Å². The van der Waals surface area contributed by atoms with Gasteiger partial charge in [-0.25, -0.2) is 0 Å². The minimum Gasteiger partial charge on any atom is -0.465 e. The van der Waals surface area contributed by atoms with Crippen LogP contribution < -0.4 is 0 Å². The van der Waals surface area contributed by atoms with Crippen LogP contribution in [-0.4, -0.2) is 35.0 Å². The van der Waals surface area contributed by atoms with Gasteiger partial charge in [0.2, 0.25) is 0 Å². The summed E-state index contributed by atoms with van der Waals surface area (Å²) in [5.41, 5.74) is -1.59. The minimum absolute atomic E-state index is 0.0461. The van der Waals surface area contributed by atoms with Gasteiger partial charge in [-0.1, -0.05) is 0 Å². The average molecular weight is 326 g/mol. The quantitative estimate of drug-likeness (QED) is 0.319. The molecule has 124 valence electrons. The van der Waals surface area contributed by atoms with Crippen LogP contribution in [0.1, 0.15) is 25.3 Å². The zero-order valence-electron chi connectivity index (χ0n) is 12.4. The molecular formula is C13H14N2O8. The van der Waals surface area contributed by atoms with Crippen molar-refractivity contribution in [3.05, 3.63) is 44.0 Å². The molecule has 0 atom stereocenters. The Hall–Kier alpha value is -3.04. The Morgan fingerprint density at radius 3 is 1.96 bits per heavy atom. The fourth-order valence-corrected chi connectivity index (χ4v) is 1.85. The van der Waals surface area contributed by atoms with E-state index in [1.807, 2.05) is 0 Å². The fourth-order valence-electron chi connectivity index (χ4n) is 1.85. The van der Waals surface area contributed by atoms with Crippen molar-refractivity contribution in [3.63, 3.8) is 0 Å². The van der Waals surface area contributed by atoms with Crippen LogP contribution in [0.3, 0.4) is 0 Å². The molecule has 0 aliphatic carbocycles. The Morgan fingerprint density at radius 2 is 1.57 bits per heavy atom. The second kappa shape index (κ2) is 7.82. The molecule has 0 aromatic heterocycles. The van der Waals surface area contributed by atoms with E-state index in [1.54, 1.807) is 0 Å². The fraction of sp³-hybridized carbons (Fsp3) is 0.385. The average Bonchev–Trinajstić information content (AvgIpc) is 2.47. The SMILES string of the molecule is CCOC(=O)C(C(=O)OCC)c1ccc([N+](=O)[O-])cc1[N+](=O)[O-]. The molecule has 0 N–H and O–H groups in total. The van der Waals surface area contributed by atoms with Gasteiger partial charge < -0.3 is 9.47 Å². The van der Waals surface area contributed by atoms with Crippen LogP contribution in [-0.2, 0) is 19.1 Å². The van der Waals surface area contributed by atoms with Crippen LogP contribution in [0.25, 0.3) is 0 Å². The number of carbonyl (C=O) groups excluding carboxylic acids is 2. The van der Waals surface area contributed by atoms with E-state index in [-0.39, 0.29) is 18.8 Å². The Balaban J connectivity index is 3.45. The summed E-state index contributed by atoms with van der Waals surface area (Å²) in [6, 6.07) is 2.63. The smallest absolute Gasteiger partial charge is 0.325 e. The van der Waals surface area contributed by atoms with Gasteiger partial charge in [-0.3, -0.25) is 29.8 Å². The zero-order chi connectivity index (χ0) is 17.6. The summed E-state index contributed by atoms with van der Waals surface area (Å²) in [6.45, 7) is 2.92. The molecular weight excluding hydrogens is 312 g/mol. The standard InChI is InChI=1S/C13H14N2O8/c1-3-22-12(16)11(13(17)23-4-2)9-6-5-8(14(18)19)7-10(9)15(20)21/h5-7,11H,3-4H2,1-2H3. The van der Waals surface area contributed by atoms with Crippen LogP contribution in [0, 0.1) is 20.2 Å². The van der Waals surface area contributed by atoms with Crippen molar-refractivity contribution >= 4 is 23.3 Å². The number of hydrogen-bond acceptors (Lipinski definition) is 8. The first-order valence-electron chi connectivity index (χ1n) is 6.59. The number of ether oxygens (including phenoxy) is 2. The van der Waals surface area contributed by atoms with Gasteiger partial charge >= 0.3 is 11.9 Å². The first kappa shape index (κ1) is 18.0. The van der Waals surface area contributed by atoms with Gasteiger partial charge in [0.15, 0.2) is 5.92 Å². The van der Waals surface area contributed by atoms with E-state index < -0.39 is 39.1 Å². The Kier molecular flexibility index (Phi) is 6.13. The molecule has 0 unspecified atom stereocenters. The summed E-state index contributed by atoms with van der Waals surface area (Å²) in [6.07, 6.45) is 0. The summed E-state index contributed by atoms with van der Waals surface area (Å²) in [7, 11) is 0. The van der Waals surface area contributed by atoms with E-state index in [0.717, 1.165) is 12.1 Å². The van der Waals surface area contributed by atoms with Crippen molar-refractivity contribution in [2.75, 3.05) is 13.2 Å². The van der Waals surface area contributed by atoms with Gasteiger partial charge in [-0.05, 0) is 19.9 Å². The Bertz CT molecular complexity index is 625. The summed E-state index contributed by atoms with van der Waals surface area (Å²) in [5, 5.41) is 21.9. The summed E-state index contributed by atoms with van der Waals surface area (Å²) in [5.74, 6) is -3.73. The van der Waals surface area contributed by atoms with Gasteiger partial charge in [0.1, 0.15) is 0 Å². The molecule has 0 aliphatic rings. The summed E-state index contributed by atoms with van der Waals surface area (Å²) in [4.78, 5) is 44.1. The van der Waals surface area contributed by atoms with E-state index in [2.05, 4.69) is 0 Å². The predicted molar refractivity (Wildman–Crippen MR) is 75.8 cm³/mol. The third kappa shape index (κ3) is 4.22. The molecule has 0 saturated carbocycles. The van der Waals surface area contributed by atoms with Crippen LogP contribution in [0.15, 0.2) is 18.2 Å². The summed E-state index contributed by atoms with van der Waals surface area (Å²) < 4.78 is 9.48. The monoisotopic (exact) mass is 326 g/mol.